The van der Waals surface area contributed by atoms with Gasteiger partial charge in [-0.05, 0) is 36.4 Å². The third kappa shape index (κ3) is 4.28. The topological polar surface area (TPSA) is 109 Å². The zero-order chi connectivity index (χ0) is 17.6. The summed E-state index contributed by atoms with van der Waals surface area (Å²) >= 11 is 0. The van der Waals surface area contributed by atoms with Crippen molar-refractivity contribution in [3.63, 3.8) is 0 Å². The second-order valence-electron chi connectivity index (χ2n) is 4.80. The van der Waals surface area contributed by atoms with Crippen molar-refractivity contribution in [2.24, 2.45) is 0 Å². The molecular formula is C15H17N3O5S. The number of hydroxylamine groups is 1. The van der Waals surface area contributed by atoms with E-state index >= 15 is 0 Å². The minimum absolute atomic E-state index is 0.00460. The Morgan fingerprint density at radius 1 is 1.25 bits per heavy atom. The molecular weight excluding hydrogens is 334 g/mol. The minimum Gasteiger partial charge on any atom is -0.497 e. The maximum absolute atomic E-state index is 12.8. The number of rotatable bonds is 7. The lowest BCUT2D eigenvalue weighted by atomic mass is 10.3. The van der Waals surface area contributed by atoms with Crippen molar-refractivity contribution in [2.75, 3.05) is 13.7 Å². The first-order valence-corrected chi connectivity index (χ1v) is 8.38. The van der Waals surface area contributed by atoms with Crippen molar-refractivity contribution in [2.45, 2.75) is 11.4 Å². The van der Waals surface area contributed by atoms with Crippen molar-refractivity contribution >= 4 is 15.9 Å². The maximum Gasteiger partial charge on any atom is 0.258 e. The number of carbonyl (C=O) groups excluding carboxylic acids is 1. The summed E-state index contributed by atoms with van der Waals surface area (Å²) < 4.78 is 31.5. The van der Waals surface area contributed by atoms with Crippen molar-refractivity contribution in [3.8, 4) is 5.75 Å². The summed E-state index contributed by atoms with van der Waals surface area (Å²) in [5.74, 6) is -0.332. The molecule has 0 radical (unpaired) electrons. The quantitative estimate of drug-likeness (QED) is 0.564. The van der Waals surface area contributed by atoms with Gasteiger partial charge in [-0.1, -0.05) is 6.07 Å². The number of nitrogens with zero attached hydrogens (tertiary/aromatic N) is 2. The molecule has 0 aliphatic heterocycles. The van der Waals surface area contributed by atoms with Gasteiger partial charge in [0.15, 0.2) is 0 Å². The highest BCUT2D eigenvalue weighted by Gasteiger charge is 2.27. The third-order valence-corrected chi connectivity index (χ3v) is 5.01. The summed E-state index contributed by atoms with van der Waals surface area (Å²) in [6.07, 6.45) is 1.53. The lowest BCUT2D eigenvalue weighted by Gasteiger charge is -2.21. The molecule has 1 amide bonds. The van der Waals surface area contributed by atoms with Crippen LogP contribution in [0.2, 0.25) is 0 Å². The average molecular weight is 351 g/mol. The minimum atomic E-state index is -3.96. The normalized spacial score (nSPS) is 11.3. The van der Waals surface area contributed by atoms with Crippen LogP contribution in [0.3, 0.4) is 0 Å². The summed E-state index contributed by atoms with van der Waals surface area (Å²) in [7, 11) is -2.49. The first-order valence-electron chi connectivity index (χ1n) is 6.94. The van der Waals surface area contributed by atoms with E-state index in [9.17, 15) is 13.2 Å². The Hall–Kier alpha value is -2.49. The maximum atomic E-state index is 12.8. The molecule has 9 heteroatoms. The van der Waals surface area contributed by atoms with Crippen LogP contribution in [-0.2, 0) is 21.4 Å². The molecule has 0 saturated heterocycles. The van der Waals surface area contributed by atoms with Gasteiger partial charge >= 0.3 is 0 Å². The van der Waals surface area contributed by atoms with Crippen molar-refractivity contribution in [3.05, 3.63) is 54.4 Å². The van der Waals surface area contributed by atoms with E-state index in [0.29, 0.717) is 11.4 Å². The number of sulfonamides is 1. The Bertz CT molecular complexity index is 779. The fourth-order valence-corrected chi connectivity index (χ4v) is 3.36. The van der Waals surface area contributed by atoms with E-state index in [4.69, 9.17) is 9.94 Å². The van der Waals surface area contributed by atoms with Crippen LogP contribution in [0, 0.1) is 0 Å². The van der Waals surface area contributed by atoms with Gasteiger partial charge in [0, 0.05) is 6.20 Å². The Labute approximate surface area is 139 Å². The molecule has 128 valence electrons. The van der Waals surface area contributed by atoms with Gasteiger partial charge in [0.1, 0.15) is 5.75 Å². The van der Waals surface area contributed by atoms with Crippen LogP contribution in [0.25, 0.3) is 0 Å². The molecule has 1 aromatic heterocycles. The number of hydrogen-bond acceptors (Lipinski definition) is 6. The number of hydrogen-bond donors (Lipinski definition) is 2. The van der Waals surface area contributed by atoms with Crippen molar-refractivity contribution in [1.82, 2.24) is 14.8 Å². The zero-order valence-corrected chi connectivity index (χ0v) is 13.7. The fourth-order valence-electron chi connectivity index (χ4n) is 1.99. The first kappa shape index (κ1) is 17.9. The molecule has 0 unspecified atom stereocenters. The highest BCUT2D eigenvalue weighted by Crippen LogP contribution is 2.20. The van der Waals surface area contributed by atoms with Gasteiger partial charge in [0.25, 0.3) is 5.91 Å². The van der Waals surface area contributed by atoms with Gasteiger partial charge in [0.2, 0.25) is 10.0 Å². The molecule has 2 rings (SSSR count). The van der Waals surface area contributed by atoms with Crippen LogP contribution in [0.1, 0.15) is 5.69 Å². The SMILES string of the molecule is COc1ccc(S(=O)(=O)N(CC(=O)NO)Cc2ccccn2)cc1. The number of aromatic nitrogens is 1. The number of benzene rings is 1. The largest absolute Gasteiger partial charge is 0.497 e. The second-order valence-corrected chi connectivity index (χ2v) is 6.74. The Morgan fingerprint density at radius 2 is 1.96 bits per heavy atom. The van der Waals surface area contributed by atoms with Gasteiger partial charge in [0.05, 0.1) is 30.8 Å². The molecule has 0 atom stereocenters. The van der Waals surface area contributed by atoms with Crippen LogP contribution in [-0.4, -0.2) is 42.5 Å². The number of ether oxygens (including phenoxy) is 1. The van der Waals surface area contributed by atoms with E-state index in [1.165, 1.54) is 43.1 Å². The number of carbonyl (C=O) groups is 1. The van der Waals surface area contributed by atoms with E-state index < -0.39 is 22.5 Å². The van der Waals surface area contributed by atoms with Crippen LogP contribution in [0.15, 0.2) is 53.6 Å². The fraction of sp³-hybridized carbons (Fsp3) is 0.200. The Morgan fingerprint density at radius 3 is 2.50 bits per heavy atom. The van der Waals surface area contributed by atoms with E-state index in [0.717, 1.165) is 4.31 Å². The number of nitrogens with one attached hydrogen (secondary N) is 1. The average Bonchev–Trinajstić information content (AvgIpc) is 2.62. The molecule has 2 aromatic rings. The van der Waals surface area contributed by atoms with E-state index in [1.54, 1.807) is 18.2 Å². The molecule has 0 aliphatic rings. The predicted molar refractivity (Wildman–Crippen MR) is 84.8 cm³/mol. The molecule has 0 spiro atoms. The predicted octanol–water partition coefficient (Wildman–Crippen LogP) is 0.786. The lowest BCUT2D eigenvalue weighted by Crippen LogP contribution is -2.39. The third-order valence-electron chi connectivity index (χ3n) is 3.21. The standard InChI is InChI=1S/C15H17N3O5S/c1-23-13-5-7-14(8-6-13)24(21,22)18(11-15(19)17-20)10-12-4-2-3-9-16-12/h2-9,20H,10-11H2,1H3,(H,17,19). The van der Waals surface area contributed by atoms with E-state index in [1.807, 2.05) is 0 Å². The van der Waals surface area contributed by atoms with Gasteiger partial charge in [-0.3, -0.25) is 15.0 Å². The van der Waals surface area contributed by atoms with E-state index in [-0.39, 0.29) is 11.4 Å². The van der Waals surface area contributed by atoms with Crippen molar-refractivity contribution < 1.29 is 23.2 Å². The summed E-state index contributed by atoms with van der Waals surface area (Å²) in [6.45, 7) is -0.649. The molecule has 8 nitrogen and oxygen atoms in total. The summed E-state index contributed by atoms with van der Waals surface area (Å²) in [5.41, 5.74) is 1.91. The molecule has 0 saturated carbocycles. The van der Waals surface area contributed by atoms with Crippen molar-refractivity contribution in [1.29, 1.82) is 0 Å². The summed E-state index contributed by atoms with van der Waals surface area (Å²) in [6, 6.07) is 10.9. The first-order chi connectivity index (χ1) is 11.5. The summed E-state index contributed by atoms with van der Waals surface area (Å²) in [4.78, 5) is 15.6. The number of amides is 1. The van der Waals surface area contributed by atoms with Crippen LogP contribution in [0.5, 0.6) is 5.75 Å². The van der Waals surface area contributed by atoms with Crippen LogP contribution < -0.4 is 10.2 Å². The zero-order valence-electron chi connectivity index (χ0n) is 12.9. The molecule has 0 aliphatic carbocycles. The molecule has 0 bridgehead atoms. The molecule has 24 heavy (non-hydrogen) atoms. The Kier molecular flexibility index (Phi) is 5.85. The smallest absolute Gasteiger partial charge is 0.258 e. The molecule has 1 heterocycles. The number of methoxy groups -OCH3 is 1. The lowest BCUT2D eigenvalue weighted by molar-refractivity contribution is -0.129. The monoisotopic (exact) mass is 351 g/mol. The van der Waals surface area contributed by atoms with Gasteiger partial charge in [-0.25, -0.2) is 13.9 Å². The van der Waals surface area contributed by atoms with Crippen LogP contribution >= 0.6 is 0 Å². The molecule has 0 fully saturated rings. The molecule has 2 N–H and O–H groups in total. The second kappa shape index (κ2) is 7.86. The van der Waals surface area contributed by atoms with Gasteiger partial charge in [-0.2, -0.15) is 4.31 Å². The highest BCUT2D eigenvalue weighted by molar-refractivity contribution is 7.89. The van der Waals surface area contributed by atoms with Gasteiger partial charge in [-0.15, -0.1) is 0 Å². The van der Waals surface area contributed by atoms with Gasteiger partial charge < -0.3 is 4.74 Å². The highest BCUT2D eigenvalue weighted by atomic mass is 32.2. The van der Waals surface area contributed by atoms with E-state index in [2.05, 4.69) is 4.98 Å². The Balaban J connectivity index is 2.34. The number of pyridine rings is 1. The summed E-state index contributed by atoms with van der Waals surface area (Å²) in [5, 5.41) is 8.70. The van der Waals surface area contributed by atoms with Crippen LogP contribution in [0.4, 0.5) is 0 Å². The molecule has 1 aromatic carbocycles.